The first-order chi connectivity index (χ1) is 14.6. The molecule has 3 heterocycles. The van der Waals surface area contributed by atoms with Gasteiger partial charge in [0.2, 0.25) is 0 Å². The number of amides is 1. The average molecular weight is 403 g/mol. The van der Waals surface area contributed by atoms with Crippen LogP contribution in [0.2, 0.25) is 0 Å². The molecule has 0 aliphatic carbocycles. The van der Waals surface area contributed by atoms with Gasteiger partial charge in [-0.1, -0.05) is 17.3 Å². The summed E-state index contributed by atoms with van der Waals surface area (Å²) in [5.74, 6) is 1.53. The van der Waals surface area contributed by atoms with Crippen LogP contribution in [0.15, 0.2) is 65.6 Å². The zero-order valence-electron chi connectivity index (χ0n) is 16.7. The third-order valence-electron chi connectivity index (χ3n) is 4.61. The van der Waals surface area contributed by atoms with Gasteiger partial charge in [-0.05, 0) is 43.7 Å². The van der Waals surface area contributed by atoms with Crippen molar-refractivity contribution in [2.24, 2.45) is 0 Å². The van der Waals surface area contributed by atoms with Crippen molar-refractivity contribution in [1.82, 2.24) is 19.9 Å². The lowest BCUT2D eigenvalue weighted by Crippen LogP contribution is -2.13. The van der Waals surface area contributed by atoms with E-state index < -0.39 is 0 Å². The highest BCUT2D eigenvalue weighted by Gasteiger charge is 2.12. The second-order valence-corrected chi connectivity index (χ2v) is 6.83. The zero-order valence-corrected chi connectivity index (χ0v) is 16.7. The lowest BCUT2D eigenvalue weighted by atomic mass is 10.2. The van der Waals surface area contributed by atoms with Gasteiger partial charge < -0.3 is 14.6 Å². The number of rotatable bonds is 7. The number of benzene rings is 1. The summed E-state index contributed by atoms with van der Waals surface area (Å²) in [7, 11) is 0. The zero-order chi connectivity index (χ0) is 20.9. The van der Waals surface area contributed by atoms with Crippen LogP contribution in [0.5, 0.6) is 5.75 Å². The number of nitrogens with zero attached hydrogens (tertiary/aromatic N) is 4. The van der Waals surface area contributed by atoms with Gasteiger partial charge in [0.25, 0.3) is 5.91 Å². The van der Waals surface area contributed by atoms with E-state index in [1.165, 1.54) is 0 Å². The van der Waals surface area contributed by atoms with Gasteiger partial charge in [-0.2, -0.15) is 5.10 Å². The van der Waals surface area contributed by atoms with Crippen molar-refractivity contribution in [1.29, 1.82) is 0 Å². The Morgan fingerprint density at radius 3 is 2.87 bits per heavy atom. The van der Waals surface area contributed by atoms with Crippen LogP contribution in [0.3, 0.4) is 0 Å². The fourth-order valence-corrected chi connectivity index (χ4v) is 2.97. The Bertz CT molecular complexity index is 1130. The highest BCUT2D eigenvalue weighted by atomic mass is 16.5. The number of carbonyl (C=O) groups is 1. The molecule has 0 saturated carbocycles. The predicted octanol–water partition coefficient (Wildman–Crippen LogP) is 3.76. The Hall–Kier alpha value is -3.94. The first-order valence-corrected chi connectivity index (χ1v) is 9.47. The summed E-state index contributed by atoms with van der Waals surface area (Å²) in [6.07, 6.45) is 5.32. The first kappa shape index (κ1) is 19.4. The van der Waals surface area contributed by atoms with Crippen LogP contribution in [0.1, 0.15) is 32.9 Å². The molecule has 0 bridgehead atoms. The van der Waals surface area contributed by atoms with Gasteiger partial charge in [0.1, 0.15) is 18.1 Å². The van der Waals surface area contributed by atoms with Crippen LogP contribution in [-0.2, 0) is 13.2 Å². The second-order valence-electron chi connectivity index (χ2n) is 6.83. The van der Waals surface area contributed by atoms with Gasteiger partial charge in [0.15, 0.2) is 5.82 Å². The number of anilines is 1. The summed E-state index contributed by atoms with van der Waals surface area (Å²) < 4.78 is 12.7. The summed E-state index contributed by atoms with van der Waals surface area (Å²) in [5.41, 5.74) is 3.21. The van der Waals surface area contributed by atoms with Gasteiger partial charge in [-0.3, -0.25) is 14.5 Å². The number of aromatic nitrogens is 4. The monoisotopic (exact) mass is 403 g/mol. The summed E-state index contributed by atoms with van der Waals surface area (Å²) in [4.78, 5) is 16.7. The summed E-state index contributed by atoms with van der Waals surface area (Å²) in [6, 6.07) is 12.6. The Labute approximate surface area is 173 Å². The highest BCUT2D eigenvalue weighted by molar-refractivity contribution is 6.03. The summed E-state index contributed by atoms with van der Waals surface area (Å²) >= 11 is 0. The standard InChI is InChI=1S/C22H21N5O3/c1-15-20(16(2)30-26-15)14-29-19-7-3-6-18(11-19)22(28)24-21-8-10-27(25-21)13-17-5-4-9-23-12-17/h3-12H,13-14H2,1-2H3,(H,24,25,28). The van der Waals surface area contributed by atoms with Crippen molar-refractivity contribution in [3.05, 3.63) is 89.2 Å². The molecule has 4 aromatic rings. The molecule has 8 nitrogen and oxygen atoms in total. The number of ether oxygens (including phenoxy) is 1. The maximum atomic E-state index is 12.6. The number of nitrogens with one attached hydrogen (secondary N) is 1. The van der Waals surface area contributed by atoms with E-state index in [1.54, 1.807) is 47.4 Å². The van der Waals surface area contributed by atoms with Crippen molar-refractivity contribution in [3.63, 3.8) is 0 Å². The number of aryl methyl sites for hydroxylation is 2. The number of pyridine rings is 1. The molecule has 4 rings (SSSR count). The number of carbonyl (C=O) groups excluding carboxylic acids is 1. The molecule has 3 aromatic heterocycles. The lowest BCUT2D eigenvalue weighted by molar-refractivity contribution is 0.102. The van der Waals surface area contributed by atoms with Crippen molar-refractivity contribution >= 4 is 11.7 Å². The molecule has 30 heavy (non-hydrogen) atoms. The molecule has 0 radical (unpaired) electrons. The molecule has 0 aliphatic rings. The Balaban J connectivity index is 1.38. The summed E-state index contributed by atoms with van der Waals surface area (Å²) in [6.45, 7) is 4.61. The molecule has 0 fully saturated rings. The molecular formula is C22H21N5O3. The largest absolute Gasteiger partial charge is 0.489 e. The Kier molecular flexibility index (Phi) is 5.56. The van der Waals surface area contributed by atoms with Gasteiger partial charge in [-0.25, -0.2) is 0 Å². The molecular weight excluding hydrogens is 382 g/mol. The van der Waals surface area contributed by atoms with Crippen molar-refractivity contribution in [2.75, 3.05) is 5.32 Å². The molecule has 1 N–H and O–H groups in total. The van der Waals surface area contributed by atoms with Crippen LogP contribution < -0.4 is 10.1 Å². The van der Waals surface area contributed by atoms with Crippen molar-refractivity contribution in [3.8, 4) is 5.75 Å². The predicted molar refractivity (Wildman–Crippen MR) is 110 cm³/mol. The van der Waals surface area contributed by atoms with E-state index in [9.17, 15) is 4.79 Å². The minimum absolute atomic E-state index is 0.260. The van der Waals surface area contributed by atoms with E-state index in [2.05, 4.69) is 20.6 Å². The topological polar surface area (TPSA) is 95.1 Å². The molecule has 0 saturated heterocycles. The molecule has 0 aliphatic heterocycles. The molecule has 1 aromatic carbocycles. The van der Waals surface area contributed by atoms with Gasteiger partial charge in [0.05, 0.1) is 17.8 Å². The third-order valence-corrected chi connectivity index (χ3v) is 4.61. The maximum Gasteiger partial charge on any atom is 0.256 e. The molecule has 8 heteroatoms. The van der Waals surface area contributed by atoms with E-state index in [-0.39, 0.29) is 5.91 Å². The SMILES string of the molecule is Cc1noc(C)c1COc1cccc(C(=O)Nc2ccn(Cc3cccnc3)n2)c1. The number of hydrogen-bond donors (Lipinski definition) is 1. The van der Waals surface area contributed by atoms with E-state index in [4.69, 9.17) is 9.26 Å². The minimum Gasteiger partial charge on any atom is -0.489 e. The van der Waals surface area contributed by atoms with Gasteiger partial charge in [-0.15, -0.1) is 0 Å². The fourth-order valence-electron chi connectivity index (χ4n) is 2.97. The van der Waals surface area contributed by atoms with E-state index in [0.717, 1.165) is 22.6 Å². The maximum absolute atomic E-state index is 12.6. The van der Waals surface area contributed by atoms with Gasteiger partial charge >= 0.3 is 0 Å². The molecule has 1 amide bonds. The van der Waals surface area contributed by atoms with E-state index in [1.807, 2.05) is 32.2 Å². The molecule has 0 spiro atoms. The molecule has 0 unspecified atom stereocenters. The van der Waals surface area contributed by atoms with E-state index >= 15 is 0 Å². The minimum atomic E-state index is -0.260. The van der Waals surface area contributed by atoms with Crippen LogP contribution in [0.25, 0.3) is 0 Å². The van der Waals surface area contributed by atoms with Crippen LogP contribution in [0.4, 0.5) is 5.82 Å². The third kappa shape index (κ3) is 4.54. The highest BCUT2D eigenvalue weighted by Crippen LogP contribution is 2.19. The van der Waals surface area contributed by atoms with Crippen LogP contribution in [-0.4, -0.2) is 25.8 Å². The van der Waals surface area contributed by atoms with Crippen molar-refractivity contribution < 1.29 is 14.1 Å². The normalized spacial score (nSPS) is 10.7. The van der Waals surface area contributed by atoms with Crippen molar-refractivity contribution in [2.45, 2.75) is 27.0 Å². The van der Waals surface area contributed by atoms with Crippen LogP contribution in [0, 0.1) is 13.8 Å². The smallest absolute Gasteiger partial charge is 0.256 e. The lowest BCUT2D eigenvalue weighted by Gasteiger charge is -2.08. The average Bonchev–Trinajstić information content (AvgIpc) is 3.33. The molecule has 0 atom stereocenters. The number of hydrogen-bond acceptors (Lipinski definition) is 6. The Morgan fingerprint density at radius 2 is 2.10 bits per heavy atom. The first-order valence-electron chi connectivity index (χ1n) is 9.47. The summed E-state index contributed by atoms with van der Waals surface area (Å²) in [5, 5.41) is 11.1. The second kappa shape index (κ2) is 8.60. The van der Waals surface area contributed by atoms with Gasteiger partial charge in [0, 0.05) is 30.2 Å². The van der Waals surface area contributed by atoms with Crippen LogP contribution >= 0.6 is 0 Å². The fraction of sp³-hybridized carbons (Fsp3) is 0.182. The Morgan fingerprint density at radius 1 is 1.20 bits per heavy atom. The quantitative estimate of drug-likeness (QED) is 0.505. The van der Waals surface area contributed by atoms with E-state index in [0.29, 0.717) is 30.3 Å². The molecule has 152 valence electrons.